The van der Waals surface area contributed by atoms with Crippen molar-refractivity contribution in [1.29, 1.82) is 0 Å². The number of carbonyl (C=O) groups is 1. The Balaban J connectivity index is 0.00000200. The number of hydrogen-bond donors (Lipinski definition) is 2. The fourth-order valence-corrected chi connectivity index (χ4v) is 4.79. The molecule has 2 aliphatic heterocycles. The molecule has 2 aliphatic rings. The highest BCUT2D eigenvalue weighted by atomic mass is 35.5. The van der Waals surface area contributed by atoms with Gasteiger partial charge in [-0.25, -0.2) is 12.7 Å². The molecule has 0 aromatic carbocycles. The van der Waals surface area contributed by atoms with Gasteiger partial charge in [-0.15, -0.1) is 12.4 Å². The van der Waals surface area contributed by atoms with Gasteiger partial charge in [0.1, 0.15) is 0 Å². The molecule has 2 N–H and O–H groups in total. The van der Waals surface area contributed by atoms with Crippen LogP contribution >= 0.6 is 24.2 Å². The molecular weight excluding hydrogens is 322 g/mol. The monoisotopic (exact) mass is 343 g/mol. The number of rotatable bonds is 5. The molecule has 0 aliphatic carbocycles. The first kappa shape index (κ1) is 18.0. The third-order valence-corrected chi connectivity index (χ3v) is 6.40. The van der Waals surface area contributed by atoms with Crippen LogP contribution < -0.4 is 10.6 Å². The normalized spacial score (nSPS) is 25.9. The van der Waals surface area contributed by atoms with E-state index >= 15 is 0 Å². The number of nitrogens with zero attached hydrogens (tertiary/aromatic N) is 1. The lowest BCUT2D eigenvalue weighted by Crippen LogP contribution is -2.42. The molecule has 118 valence electrons. The Morgan fingerprint density at radius 2 is 2.25 bits per heavy atom. The molecule has 0 radical (unpaired) electrons. The van der Waals surface area contributed by atoms with Gasteiger partial charge in [0.25, 0.3) is 0 Å². The van der Waals surface area contributed by atoms with E-state index in [-0.39, 0.29) is 30.1 Å². The average molecular weight is 344 g/mol. The molecule has 9 heteroatoms. The van der Waals surface area contributed by atoms with E-state index in [1.165, 1.54) is 4.31 Å². The van der Waals surface area contributed by atoms with Gasteiger partial charge in [-0.3, -0.25) is 4.79 Å². The summed E-state index contributed by atoms with van der Waals surface area (Å²) in [5.74, 6) is 2.31. The van der Waals surface area contributed by atoms with Crippen LogP contribution in [-0.2, 0) is 14.8 Å². The first-order chi connectivity index (χ1) is 9.08. The molecule has 6 nitrogen and oxygen atoms in total. The summed E-state index contributed by atoms with van der Waals surface area (Å²) in [6, 6.07) is 0.245. The fourth-order valence-electron chi connectivity index (χ4n) is 2.31. The SMILES string of the molecule is Cl.O=C(CC1CSCCN1)NCCN1CCCS1(=O)=O. The molecule has 1 unspecified atom stereocenters. The second-order valence-corrected chi connectivity index (χ2v) is 8.09. The fraction of sp³-hybridized carbons (Fsp3) is 0.909. The van der Waals surface area contributed by atoms with Gasteiger partial charge in [0.15, 0.2) is 0 Å². The highest BCUT2D eigenvalue weighted by Gasteiger charge is 2.27. The summed E-state index contributed by atoms with van der Waals surface area (Å²) in [6.45, 7) is 2.33. The van der Waals surface area contributed by atoms with E-state index in [2.05, 4.69) is 10.6 Å². The molecule has 2 fully saturated rings. The number of hydrogen-bond acceptors (Lipinski definition) is 5. The van der Waals surface area contributed by atoms with Crippen molar-refractivity contribution in [2.75, 3.05) is 43.4 Å². The van der Waals surface area contributed by atoms with Gasteiger partial charge in [0.05, 0.1) is 5.75 Å². The van der Waals surface area contributed by atoms with Gasteiger partial charge >= 0.3 is 0 Å². The quantitative estimate of drug-likeness (QED) is 0.713. The number of nitrogens with one attached hydrogen (secondary N) is 2. The van der Waals surface area contributed by atoms with Gasteiger partial charge in [-0.05, 0) is 6.42 Å². The summed E-state index contributed by atoms with van der Waals surface area (Å²) in [5.41, 5.74) is 0. The summed E-state index contributed by atoms with van der Waals surface area (Å²) in [4.78, 5) is 11.7. The van der Waals surface area contributed by atoms with E-state index in [1.54, 1.807) is 0 Å². The van der Waals surface area contributed by atoms with Gasteiger partial charge in [-0.1, -0.05) is 0 Å². The Hall–Kier alpha value is -0.0200. The zero-order valence-corrected chi connectivity index (χ0v) is 13.8. The molecule has 20 heavy (non-hydrogen) atoms. The maximum Gasteiger partial charge on any atom is 0.221 e. The molecule has 2 saturated heterocycles. The van der Waals surface area contributed by atoms with Crippen molar-refractivity contribution in [1.82, 2.24) is 14.9 Å². The number of halogens is 1. The molecular formula is C11H22ClN3O3S2. The predicted octanol–water partition coefficient (Wildman–Crippen LogP) is -0.345. The molecule has 2 rings (SSSR count). The van der Waals surface area contributed by atoms with Crippen molar-refractivity contribution < 1.29 is 13.2 Å². The minimum Gasteiger partial charge on any atom is -0.355 e. The minimum atomic E-state index is -3.05. The van der Waals surface area contributed by atoms with Crippen LogP contribution in [0.3, 0.4) is 0 Å². The molecule has 0 bridgehead atoms. The molecule has 1 amide bonds. The number of carbonyl (C=O) groups excluding carboxylic acids is 1. The van der Waals surface area contributed by atoms with Crippen LogP contribution in [0, 0.1) is 0 Å². The van der Waals surface area contributed by atoms with Gasteiger partial charge in [0, 0.05) is 50.1 Å². The number of amides is 1. The summed E-state index contributed by atoms with van der Waals surface area (Å²) in [7, 11) is -3.05. The average Bonchev–Trinajstić information content (AvgIpc) is 2.70. The van der Waals surface area contributed by atoms with E-state index in [0.29, 0.717) is 32.5 Å². The second kappa shape index (κ2) is 8.43. The van der Waals surface area contributed by atoms with E-state index in [9.17, 15) is 13.2 Å². The predicted molar refractivity (Wildman–Crippen MR) is 84.0 cm³/mol. The van der Waals surface area contributed by atoms with E-state index in [4.69, 9.17) is 0 Å². The third kappa shape index (κ3) is 5.40. The van der Waals surface area contributed by atoms with Crippen LogP contribution in [0.15, 0.2) is 0 Å². The smallest absolute Gasteiger partial charge is 0.221 e. The Morgan fingerprint density at radius 3 is 2.85 bits per heavy atom. The van der Waals surface area contributed by atoms with Crippen molar-refractivity contribution >= 4 is 40.1 Å². The van der Waals surface area contributed by atoms with Crippen LogP contribution in [0.2, 0.25) is 0 Å². The Morgan fingerprint density at radius 1 is 1.45 bits per heavy atom. The van der Waals surface area contributed by atoms with Gasteiger partial charge in [-0.2, -0.15) is 11.8 Å². The summed E-state index contributed by atoms with van der Waals surface area (Å²) in [6.07, 6.45) is 1.17. The molecule has 1 atom stereocenters. The second-order valence-electron chi connectivity index (χ2n) is 4.85. The van der Waals surface area contributed by atoms with Crippen molar-refractivity contribution in [2.45, 2.75) is 18.9 Å². The summed E-state index contributed by atoms with van der Waals surface area (Å²) >= 11 is 1.86. The largest absolute Gasteiger partial charge is 0.355 e. The molecule has 0 aromatic rings. The lowest BCUT2D eigenvalue weighted by atomic mass is 10.2. The lowest BCUT2D eigenvalue weighted by molar-refractivity contribution is -0.121. The van der Waals surface area contributed by atoms with Crippen LogP contribution in [0.1, 0.15) is 12.8 Å². The van der Waals surface area contributed by atoms with Crippen LogP contribution in [0.4, 0.5) is 0 Å². The number of sulfonamides is 1. The van der Waals surface area contributed by atoms with Crippen molar-refractivity contribution in [3.05, 3.63) is 0 Å². The Bertz CT molecular complexity index is 413. The van der Waals surface area contributed by atoms with Crippen LogP contribution in [0.5, 0.6) is 0 Å². The molecule has 0 spiro atoms. The van der Waals surface area contributed by atoms with E-state index < -0.39 is 10.0 Å². The zero-order chi connectivity index (χ0) is 13.7. The standard InChI is InChI=1S/C11H21N3O3S2.ClH/c15-11(8-10-9-18-6-3-12-10)13-2-5-14-4-1-7-19(14,16)17;/h10,12H,1-9H2,(H,13,15);1H. The molecule has 0 saturated carbocycles. The Labute approximate surface area is 130 Å². The first-order valence-corrected chi connectivity index (χ1v) is 9.40. The van der Waals surface area contributed by atoms with Crippen molar-refractivity contribution in [3.63, 3.8) is 0 Å². The Kier molecular flexibility index (Phi) is 7.60. The summed E-state index contributed by atoms with van der Waals surface area (Å²) < 4.78 is 24.6. The van der Waals surface area contributed by atoms with Gasteiger partial charge < -0.3 is 10.6 Å². The molecule has 0 aromatic heterocycles. The highest BCUT2D eigenvalue weighted by Crippen LogP contribution is 2.12. The van der Waals surface area contributed by atoms with E-state index in [1.807, 2.05) is 11.8 Å². The van der Waals surface area contributed by atoms with E-state index in [0.717, 1.165) is 18.1 Å². The lowest BCUT2D eigenvalue weighted by Gasteiger charge is -2.22. The third-order valence-electron chi connectivity index (χ3n) is 3.32. The van der Waals surface area contributed by atoms with Crippen molar-refractivity contribution in [3.8, 4) is 0 Å². The van der Waals surface area contributed by atoms with Crippen molar-refractivity contribution in [2.24, 2.45) is 0 Å². The zero-order valence-electron chi connectivity index (χ0n) is 11.3. The summed E-state index contributed by atoms with van der Waals surface area (Å²) in [5, 5.41) is 6.11. The van der Waals surface area contributed by atoms with Crippen LogP contribution in [-0.4, -0.2) is 68.1 Å². The highest BCUT2D eigenvalue weighted by molar-refractivity contribution is 7.99. The van der Waals surface area contributed by atoms with Gasteiger partial charge in [0.2, 0.25) is 15.9 Å². The topological polar surface area (TPSA) is 78.5 Å². The maximum atomic E-state index is 11.7. The molecule has 2 heterocycles. The maximum absolute atomic E-state index is 11.7. The number of thioether (sulfide) groups is 1. The van der Waals surface area contributed by atoms with Crippen LogP contribution in [0.25, 0.3) is 0 Å². The minimum absolute atomic E-state index is 0. The first-order valence-electron chi connectivity index (χ1n) is 6.63.